The highest BCUT2D eigenvalue weighted by molar-refractivity contribution is 7.91. The van der Waals surface area contributed by atoms with E-state index in [2.05, 4.69) is 5.10 Å². The number of hydrogen-bond donors (Lipinski definition) is 1. The zero-order valence-electron chi connectivity index (χ0n) is 11.2. The van der Waals surface area contributed by atoms with Crippen LogP contribution in [0.1, 0.15) is 16.1 Å². The molecule has 6 nitrogen and oxygen atoms in total. The average molecular weight is 312 g/mol. The van der Waals surface area contributed by atoms with E-state index in [0.29, 0.717) is 11.8 Å². The van der Waals surface area contributed by atoms with Gasteiger partial charge in [-0.2, -0.15) is 5.10 Å². The molecule has 8 heteroatoms. The molecule has 2 aromatic rings. The highest BCUT2D eigenvalue weighted by Crippen LogP contribution is 2.18. The normalized spacial score (nSPS) is 11.5. The quantitative estimate of drug-likeness (QED) is 0.898. The van der Waals surface area contributed by atoms with E-state index in [0.717, 1.165) is 12.1 Å². The maximum Gasteiger partial charge on any atom is 0.335 e. The molecule has 21 heavy (non-hydrogen) atoms. The van der Waals surface area contributed by atoms with Gasteiger partial charge in [0.2, 0.25) is 0 Å². The number of benzene rings is 1. The Labute approximate surface area is 120 Å². The van der Waals surface area contributed by atoms with Crippen molar-refractivity contribution in [2.24, 2.45) is 7.05 Å². The van der Waals surface area contributed by atoms with Crippen molar-refractivity contribution >= 4 is 15.8 Å². The number of sulfone groups is 1. The second-order valence-electron chi connectivity index (χ2n) is 4.47. The summed E-state index contributed by atoms with van der Waals surface area (Å²) < 4.78 is 39.6. The van der Waals surface area contributed by atoms with E-state index in [1.165, 1.54) is 0 Å². The van der Waals surface area contributed by atoms with Gasteiger partial charge in [0.05, 0.1) is 11.3 Å². The van der Waals surface area contributed by atoms with E-state index in [1.807, 2.05) is 0 Å². The first-order valence-corrected chi connectivity index (χ1v) is 7.69. The molecule has 0 amide bonds. The van der Waals surface area contributed by atoms with Crippen LogP contribution in [0.3, 0.4) is 0 Å². The van der Waals surface area contributed by atoms with Gasteiger partial charge in [-0.1, -0.05) is 0 Å². The Kier molecular flexibility index (Phi) is 4.08. The summed E-state index contributed by atoms with van der Waals surface area (Å²) in [6, 6.07) is 4.44. The van der Waals surface area contributed by atoms with E-state index in [9.17, 15) is 17.6 Å². The zero-order valence-corrected chi connectivity index (χ0v) is 12.0. The first-order valence-electron chi connectivity index (χ1n) is 6.04. The number of halogens is 1. The third-order valence-electron chi connectivity index (χ3n) is 3.06. The lowest BCUT2D eigenvalue weighted by Gasteiger charge is -2.07. The zero-order chi connectivity index (χ0) is 15.6. The number of hydrogen-bond acceptors (Lipinski definition) is 4. The molecule has 0 saturated heterocycles. The molecule has 0 spiro atoms. The van der Waals surface area contributed by atoms with E-state index in [1.54, 1.807) is 24.0 Å². The minimum atomic E-state index is -3.84. The van der Waals surface area contributed by atoms with Gasteiger partial charge in [0.1, 0.15) is 10.7 Å². The van der Waals surface area contributed by atoms with E-state index < -0.39 is 26.5 Å². The topological polar surface area (TPSA) is 89.3 Å². The van der Waals surface area contributed by atoms with Gasteiger partial charge < -0.3 is 5.11 Å². The minimum absolute atomic E-state index is 0.193. The molecule has 1 N–H and O–H groups in total. The van der Waals surface area contributed by atoms with Gasteiger partial charge in [-0.15, -0.1) is 0 Å². The van der Waals surface area contributed by atoms with Crippen LogP contribution in [0, 0.1) is 5.82 Å². The number of rotatable bonds is 5. The predicted molar refractivity (Wildman–Crippen MR) is 72.3 cm³/mol. The standard InChI is InChI=1S/C13H13FN2O4S/c1-16-10(4-6-15-16)5-7-21(19,20)12-3-2-9(13(17)18)8-11(12)14/h2-4,6,8H,5,7H2,1H3,(H,17,18). The maximum absolute atomic E-state index is 13.8. The van der Waals surface area contributed by atoms with E-state index in [-0.39, 0.29) is 17.7 Å². The van der Waals surface area contributed by atoms with Crippen LogP contribution < -0.4 is 0 Å². The van der Waals surface area contributed by atoms with Crippen molar-refractivity contribution in [1.29, 1.82) is 0 Å². The van der Waals surface area contributed by atoms with Crippen molar-refractivity contribution in [1.82, 2.24) is 9.78 Å². The number of aryl methyl sites for hydroxylation is 2. The fourth-order valence-corrected chi connectivity index (χ4v) is 3.21. The molecule has 0 saturated carbocycles. The third kappa shape index (κ3) is 3.27. The lowest BCUT2D eigenvalue weighted by molar-refractivity contribution is 0.0696. The second-order valence-corrected chi connectivity index (χ2v) is 6.54. The van der Waals surface area contributed by atoms with Gasteiger partial charge >= 0.3 is 5.97 Å². The fourth-order valence-electron chi connectivity index (χ4n) is 1.88. The molecule has 1 heterocycles. The molecule has 0 radical (unpaired) electrons. The Morgan fingerprint density at radius 2 is 2.10 bits per heavy atom. The van der Waals surface area contributed by atoms with Crippen molar-refractivity contribution in [3.63, 3.8) is 0 Å². The summed E-state index contributed by atoms with van der Waals surface area (Å²) in [5.74, 6) is -2.65. The molecule has 1 aromatic carbocycles. The molecule has 0 unspecified atom stereocenters. The van der Waals surface area contributed by atoms with Gasteiger partial charge in [-0.05, 0) is 24.3 Å². The summed E-state index contributed by atoms with van der Waals surface area (Å²) in [5.41, 5.74) is 0.416. The van der Waals surface area contributed by atoms with Crippen LogP contribution in [-0.2, 0) is 23.3 Å². The van der Waals surface area contributed by atoms with Crippen LogP contribution >= 0.6 is 0 Å². The summed E-state index contributed by atoms with van der Waals surface area (Å²) in [5, 5.41) is 12.7. The third-order valence-corrected chi connectivity index (χ3v) is 4.81. The molecular formula is C13H13FN2O4S. The van der Waals surface area contributed by atoms with E-state index >= 15 is 0 Å². The summed E-state index contributed by atoms with van der Waals surface area (Å²) in [6.07, 6.45) is 1.74. The second kappa shape index (κ2) is 5.65. The highest BCUT2D eigenvalue weighted by Gasteiger charge is 2.21. The number of carboxylic acids is 1. The molecule has 2 rings (SSSR count). The Hall–Kier alpha value is -2.22. The van der Waals surface area contributed by atoms with Crippen LogP contribution in [0.15, 0.2) is 35.4 Å². The van der Waals surface area contributed by atoms with Gasteiger partial charge in [0, 0.05) is 25.4 Å². The lowest BCUT2D eigenvalue weighted by Crippen LogP contribution is -2.13. The molecule has 0 aliphatic carbocycles. The Bertz CT molecular complexity index is 783. The molecule has 0 bridgehead atoms. The first kappa shape index (κ1) is 15.2. The molecule has 0 atom stereocenters. The van der Waals surface area contributed by atoms with Crippen LogP contribution in [0.5, 0.6) is 0 Å². The van der Waals surface area contributed by atoms with E-state index in [4.69, 9.17) is 5.11 Å². The Morgan fingerprint density at radius 3 is 2.62 bits per heavy atom. The van der Waals surface area contributed by atoms with Gasteiger partial charge in [-0.3, -0.25) is 4.68 Å². The maximum atomic E-state index is 13.8. The number of aromatic nitrogens is 2. The van der Waals surface area contributed by atoms with Crippen LogP contribution in [0.25, 0.3) is 0 Å². The molecule has 112 valence electrons. The van der Waals surface area contributed by atoms with Crippen LogP contribution in [-0.4, -0.2) is 35.0 Å². The monoisotopic (exact) mass is 312 g/mol. The average Bonchev–Trinajstić information content (AvgIpc) is 2.81. The molecule has 0 aliphatic rings. The summed E-state index contributed by atoms with van der Waals surface area (Å²) in [7, 11) is -2.15. The number of aromatic carboxylic acids is 1. The number of carboxylic acid groups (broad SMARTS) is 1. The van der Waals surface area contributed by atoms with Crippen molar-refractivity contribution in [2.75, 3.05) is 5.75 Å². The van der Waals surface area contributed by atoms with Crippen molar-refractivity contribution in [3.8, 4) is 0 Å². The lowest BCUT2D eigenvalue weighted by atomic mass is 10.2. The molecular weight excluding hydrogens is 299 g/mol. The smallest absolute Gasteiger partial charge is 0.335 e. The van der Waals surface area contributed by atoms with Gasteiger partial charge in [0.15, 0.2) is 9.84 Å². The highest BCUT2D eigenvalue weighted by atomic mass is 32.2. The molecule has 1 aromatic heterocycles. The predicted octanol–water partition coefficient (Wildman–Crippen LogP) is 1.27. The van der Waals surface area contributed by atoms with Crippen molar-refractivity contribution < 1.29 is 22.7 Å². The number of carbonyl (C=O) groups is 1. The summed E-state index contributed by atoms with van der Waals surface area (Å²) in [6.45, 7) is 0. The van der Waals surface area contributed by atoms with Gasteiger partial charge in [-0.25, -0.2) is 17.6 Å². The Balaban J connectivity index is 2.23. The SMILES string of the molecule is Cn1nccc1CCS(=O)(=O)c1ccc(C(=O)O)cc1F. The minimum Gasteiger partial charge on any atom is -0.478 e. The van der Waals surface area contributed by atoms with Crippen molar-refractivity contribution in [2.45, 2.75) is 11.3 Å². The molecule has 0 aliphatic heterocycles. The van der Waals surface area contributed by atoms with Crippen LogP contribution in [0.4, 0.5) is 4.39 Å². The molecule has 0 fully saturated rings. The van der Waals surface area contributed by atoms with Crippen molar-refractivity contribution in [3.05, 3.63) is 47.5 Å². The van der Waals surface area contributed by atoms with Crippen LogP contribution in [0.2, 0.25) is 0 Å². The Morgan fingerprint density at radius 1 is 1.38 bits per heavy atom. The van der Waals surface area contributed by atoms with Gasteiger partial charge in [0.25, 0.3) is 0 Å². The largest absolute Gasteiger partial charge is 0.478 e. The number of nitrogens with zero attached hydrogens (tertiary/aromatic N) is 2. The fraction of sp³-hybridized carbons (Fsp3) is 0.231. The first-order chi connectivity index (χ1) is 9.81. The summed E-state index contributed by atoms with van der Waals surface area (Å²) >= 11 is 0. The summed E-state index contributed by atoms with van der Waals surface area (Å²) in [4.78, 5) is 10.2.